The van der Waals surface area contributed by atoms with Gasteiger partial charge in [-0.05, 0) is 92.6 Å². The molecule has 1 aliphatic heterocycles. The quantitative estimate of drug-likeness (QED) is 0.136. The number of carbonyl (C=O) groups is 3. The molecule has 1 unspecified atom stereocenters. The average molecular weight is 718 g/mol. The van der Waals surface area contributed by atoms with Crippen molar-refractivity contribution in [1.29, 1.82) is 0 Å². The number of nitrogens with one attached hydrogen (secondary N) is 4. The number of benzene rings is 3. The second-order valence-corrected chi connectivity index (χ2v) is 14.4. The number of hydrogen-bond donors (Lipinski definition) is 6. The molecule has 4 aromatic rings. The Hall–Kier alpha value is -3.87. The Morgan fingerprint density at radius 3 is 2.42 bits per heavy atom. The van der Waals surface area contributed by atoms with Gasteiger partial charge in [0.25, 0.3) is 0 Å². The number of halogens is 1. The molecule has 3 atom stereocenters. The average Bonchev–Trinajstić information content (AvgIpc) is 3.52. The maximum atomic E-state index is 14.4. The first kappa shape index (κ1) is 37.4. The van der Waals surface area contributed by atoms with E-state index in [1.54, 1.807) is 7.05 Å². The first-order valence-corrected chi connectivity index (χ1v) is 18.5. The van der Waals surface area contributed by atoms with Gasteiger partial charge >= 0.3 is 0 Å². The van der Waals surface area contributed by atoms with Crippen molar-refractivity contribution < 1.29 is 14.4 Å². The molecule has 0 fully saturated rings. The summed E-state index contributed by atoms with van der Waals surface area (Å²) in [4.78, 5) is 49.2. The Bertz CT molecular complexity index is 1800. The summed E-state index contributed by atoms with van der Waals surface area (Å²) in [5.41, 5.74) is 16.4. The summed E-state index contributed by atoms with van der Waals surface area (Å²) in [5, 5.41) is 11.2. The van der Waals surface area contributed by atoms with E-state index in [1.165, 1.54) is 16.7 Å². The molecule has 3 aromatic carbocycles. The van der Waals surface area contributed by atoms with E-state index in [-0.39, 0.29) is 30.7 Å². The van der Waals surface area contributed by atoms with Crippen LogP contribution in [-0.4, -0.2) is 65.9 Å². The Morgan fingerprint density at radius 1 is 0.880 bits per heavy atom. The van der Waals surface area contributed by atoms with Gasteiger partial charge in [0.2, 0.25) is 17.7 Å². The zero-order valence-corrected chi connectivity index (χ0v) is 30.3. The molecule has 0 saturated heterocycles. The Kier molecular flexibility index (Phi) is 13.4. The lowest BCUT2D eigenvalue weighted by Gasteiger charge is -2.32. The Morgan fingerprint density at radius 2 is 1.62 bits per heavy atom. The first-order valence-electron chi connectivity index (χ1n) is 17.3. The summed E-state index contributed by atoms with van der Waals surface area (Å²) >= 11 is 8.41. The van der Waals surface area contributed by atoms with Crippen LogP contribution in [0, 0.1) is 6.92 Å². The summed E-state index contributed by atoms with van der Waals surface area (Å²) in [7, 11) is 1.64. The number of para-hydroxylation sites is 1. The summed E-state index contributed by atoms with van der Waals surface area (Å²) < 4.78 is 0. The van der Waals surface area contributed by atoms with Gasteiger partial charge in [0.1, 0.15) is 12.1 Å². The lowest BCUT2D eigenvalue weighted by molar-refractivity contribution is -0.142. The van der Waals surface area contributed by atoms with E-state index < -0.39 is 18.1 Å². The minimum absolute atomic E-state index is 0.216. The predicted octanol–water partition coefficient (Wildman–Crippen LogP) is 4.79. The van der Waals surface area contributed by atoms with Crippen LogP contribution in [0.25, 0.3) is 10.9 Å². The molecule has 2 heterocycles. The van der Waals surface area contributed by atoms with E-state index in [1.807, 2.05) is 73.8 Å². The van der Waals surface area contributed by atoms with E-state index >= 15 is 0 Å². The molecule has 0 bridgehead atoms. The van der Waals surface area contributed by atoms with E-state index in [0.29, 0.717) is 56.8 Å². The van der Waals surface area contributed by atoms with E-state index in [4.69, 9.17) is 23.1 Å². The second kappa shape index (κ2) is 17.9. The van der Waals surface area contributed by atoms with Crippen LogP contribution in [0.5, 0.6) is 0 Å². The molecule has 8 N–H and O–H groups in total. The minimum Gasteiger partial charge on any atom is -0.361 e. The third-order valence-corrected chi connectivity index (χ3v) is 10.9. The number of nitrogens with zero attached hydrogens (tertiary/aromatic N) is 1. The number of hydrogen-bond acceptors (Lipinski definition) is 7. The number of nitrogens with two attached hydrogens (primary N) is 2. The molecule has 3 amide bonds. The number of aryl methyl sites for hydroxylation is 1. The van der Waals surface area contributed by atoms with Crippen LogP contribution in [0.1, 0.15) is 54.4 Å². The third kappa shape index (κ3) is 9.26. The lowest BCUT2D eigenvalue weighted by Crippen LogP contribution is -2.57. The van der Waals surface area contributed by atoms with Crippen molar-refractivity contribution in [2.24, 2.45) is 11.5 Å². The third-order valence-electron chi connectivity index (χ3n) is 9.22. The number of unbranched alkanes of at least 4 members (excludes halogenated alkanes) is 1. The lowest BCUT2D eigenvalue weighted by atomic mass is 10.0. The van der Waals surface area contributed by atoms with Gasteiger partial charge in [-0.15, -0.1) is 0 Å². The maximum absolute atomic E-state index is 14.4. The Balaban J connectivity index is 1.57. The molecule has 0 saturated carbocycles. The van der Waals surface area contributed by atoms with Gasteiger partial charge in [0.05, 0.1) is 11.1 Å². The Labute approximate surface area is 303 Å². The van der Waals surface area contributed by atoms with Crippen molar-refractivity contribution in [3.05, 3.63) is 94.1 Å². The van der Waals surface area contributed by atoms with Crippen molar-refractivity contribution in [1.82, 2.24) is 25.8 Å². The highest BCUT2D eigenvalue weighted by Crippen LogP contribution is 2.38. The van der Waals surface area contributed by atoms with Crippen LogP contribution < -0.4 is 27.4 Å². The number of aromatic amines is 1. The van der Waals surface area contributed by atoms with Gasteiger partial charge in [0.15, 0.2) is 0 Å². The number of carbonyl (C=O) groups excluding carboxylic acids is 3. The maximum Gasteiger partial charge on any atom is 0.245 e. The summed E-state index contributed by atoms with van der Waals surface area (Å²) in [6, 6.07) is 17.5. The van der Waals surface area contributed by atoms with Crippen LogP contribution in [0.4, 0.5) is 0 Å². The van der Waals surface area contributed by atoms with Crippen LogP contribution in [0.3, 0.4) is 0 Å². The zero-order chi connectivity index (χ0) is 35.6. The molecular weight excluding hydrogens is 670 g/mol. The second-order valence-electron chi connectivity index (χ2n) is 12.9. The van der Waals surface area contributed by atoms with Crippen LogP contribution in [-0.2, 0) is 33.9 Å². The molecule has 1 aromatic heterocycles. The fourth-order valence-corrected chi connectivity index (χ4v) is 7.89. The van der Waals surface area contributed by atoms with Crippen molar-refractivity contribution in [3.8, 4) is 0 Å². The summed E-state index contributed by atoms with van der Waals surface area (Å²) in [5.74, 6) is -0.926. The van der Waals surface area contributed by atoms with E-state index in [0.717, 1.165) is 42.9 Å². The number of fused-ring (bicyclic) bond motifs is 3. The molecule has 266 valence electrons. The van der Waals surface area contributed by atoms with Gasteiger partial charge < -0.3 is 37.3 Å². The summed E-state index contributed by atoms with van der Waals surface area (Å²) in [6.45, 7) is 3.51. The van der Waals surface area contributed by atoms with E-state index in [2.05, 4.69) is 20.9 Å². The summed E-state index contributed by atoms with van der Waals surface area (Å²) in [6.07, 6.45) is 5.02. The SMILES string of the molecule is Cc1cc(Cl)c2c(c1)CNC(=O)[C@H](Cc1c[nH]c3ccccc13)N(C)C(=O)C(CCCCN)NC(=O)[C@H](CCCN)NCc1ccccc1S2. The monoisotopic (exact) mass is 717 g/mol. The van der Waals surface area contributed by atoms with Gasteiger partial charge in [-0.25, -0.2) is 0 Å². The fraction of sp³-hybridized carbons (Fsp3) is 0.395. The number of rotatable bonds is 9. The highest BCUT2D eigenvalue weighted by molar-refractivity contribution is 7.99. The molecule has 12 heteroatoms. The topological polar surface area (TPSA) is 158 Å². The molecule has 0 aliphatic carbocycles. The number of H-pyrrole nitrogens is 1. The number of amides is 3. The predicted molar refractivity (Wildman–Crippen MR) is 201 cm³/mol. The van der Waals surface area contributed by atoms with Crippen LogP contribution in [0.15, 0.2) is 76.7 Å². The van der Waals surface area contributed by atoms with Crippen molar-refractivity contribution >= 4 is 52.0 Å². The van der Waals surface area contributed by atoms with Crippen molar-refractivity contribution in [2.75, 3.05) is 20.1 Å². The molecule has 5 rings (SSSR count). The van der Waals surface area contributed by atoms with E-state index in [9.17, 15) is 14.4 Å². The van der Waals surface area contributed by atoms with Gasteiger partial charge in [-0.2, -0.15) is 0 Å². The standard InChI is InChI=1S/C38H48ClN7O3S/c1-24-18-27-23-44-37(48)33(20-26-22-42-30-12-5-4-11-28(26)30)46(2)38(49)32(13-7-8-16-40)45-36(47)31(14-9-17-41)43-21-25-10-3-6-15-34(25)50-35(27)29(39)19-24/h3-6,10-12,15,18-19,22,31-33,42-43H,7-9,13-14,16-17,20-21,23,40-41H2,1-2H3,(H,44,48)(H,45,47)/t31-,32?,33-/m0/s1. The number of likely N-dealkylation sites (N-methyl/N-ethyl adjacent to an activating group) is 1. The van der Waals surface area contributed by atoms with Gasteiger partial charge in [-0.1, -0.05) is 65.8 Å². The smallest absolute Gasteiger partial charge is 0.245 e. The van der Waals surface area contributed by atoms with Crippen molar-refractivity contribution in [2.45, 2.75) is 86.5 Å². The largest absolute Gasteiger partial charge is 0.361 e. The fourth-order valence-electron chi connectivity index (χ4n) is 6.42. The van der Waals surface area contributed by atoms with Gasteiger partial charge in [0, 0.05) is 53.4 Å². The molecule has 10 nitrogen and oxygen atoms in total. The number of aromatic nitrogens is 1. The highest BCUT2D eigenvalue weighted by atomic mass is 35.5. The van der Waals surface area contributed by atoms with Crippen molar-refractivity contribution in [3.63, 3.8) is 0 Å². The molecular formula is C38H48ClN7O3S. The normalized spacial score (nSPS) is 19.4. The molecule has 50 heavy (non-hydrogen) atoms. The van der Waals surface area contributed by atoms with Crippen LogP contribution >= 0.6 is 23.4 Å². The first-order chi connectivity index (χ1) is 24.2. The molecule has 1 aliphatic rings. The van der Waals surface area contributed by atoms with Gasteiger partial charge in [-0.3, -0.25) is 14.4 Å². The minimum atomic E-state index is -0.866. The highest BCUT2D eigenvalue weighted by Gasteiger charge is 2.34. The molecule has 0 spiro atoms. The van der Waals surface area contributed by atoms with Crippen LogP contribution in [0.2, 0.25) is 5.02 Å². The zero-order valence-electron chi connectivity index (χ0n) is 28.8. The molecule has 0 radical (unpaired) electrons.